The van der Waals surface area contributed by atoms with Gasteiger partial charge in [0.1, 0.15) is 12.9 Å². The zero-order valence-electron chi connectivity index (χ0n) is 19.0. The van der Waals surface area contributed by atoms with Gasteiger partial charge in [-0.1, -0.05) is 23.4 Å². The van der Waals surface area contributed by atoms with Crippen molar-refractivity contribution in [3.63, 3.8) is 0 Å². The van der Waals surface area contributed by atoms with Crippen molar-refractivity contribution < 1.29 is 14.0 Å². The van der Waals surface area contributed by atoms with Gasteiger partial charge in [-0.05, 0) is 44.8 Å². The summed E-state index contributed by atoms with van der Waals surface area (Å²) in [5, 5.41) is 4.14. The van der Waals surface area contributed by atoms with Crippen LogP contribution in [0.15, 0.2) is 41.8 Å². The molecule has 3 heterocycles. The number of nitrogen functional groups attached to an aromatic ring is 1. The fourth-order valence-corrected chi connectivity index (χ4v) is 4.79. The van der Waals surface area contributed by atoms with Crippen LogP contribution in [0.1, 0.15) is 36.8 Å². The van der Waals surface area contributed by atoms with Crippen LogP contribution >= 0.6 is 0 Å². The van der Waals surface area contributed by atoms with Crippen LogP contribution in [0.2, 0.25) is 0 Å². The second kappa shape index (κ2) is 10.7. The predicted molar refractivity (Wildman–Crippen MR) is 124 cm³/mol. The van der Waals surface area contributed by atoms with Crippen molar-refractivity contribution in [3.8, 4) is 0 Å². The Kier molecular flexibility index (Phi) is 7.49. The molecule has 2 N–H and O–H groups in total. The highest BCUT2D eigenvalue weighted by Gasteiger charge is 2.33. The first-order valence-electron chi connectivity index (χ1n) is 11.5. The van der Waals surface area contributed by atoms with E-state index in [1.807, 2.05) is 4.90 Å². The molecule has 0 spiro atoms. The molecule has 0 unspecified atom stereocenters. The van der Waals surface area contributed by atoms with Crippen molar-refractivity contribution in [1.82, 2.24) is 19.8 Å². The number of hydrogen-bond donors (Lipinski definition) is 1. The van der Waals surface area contributed by atoms with Gasteiger partial charge in [-0.3, -0.25) is 9.69 Å². The molecule has 0 radical (unpaired) electrons. The number of rotatable bonds is 6. The maximum absolute atomic E-state index is 14.3. The van der Waals surface area contributed by atoms with Gasteiger partial charge in [-0.2, -0.15) is 0 Å². The predicted octanol–water partition coefficient (Wildman–Crippen LogP) is 2.70. The summed E-state index contributed by atoms with van der Waals surface area (Å²) in [5.74, 6) is 0.333. The van der Waals surface area contributed by atoms with E-state index in [0.717, 1.165) is 50.9 Å². The van der Waals surface area contributed by atoms with Crippen LogP contribution in [0.25, 0.3) is 0 Å². The van der Waals surface area contributed by atoms with Gasteiger partial charge in [-0.15, -0.1) is 0 Å². The number of nitrogens with two attached hydrogens (primary N) is 1. The van der Waals surface area contributed by atoms with Gasteiger partial charge in [0.05, 0.1) is 5.71 Å². The fourth-order valence-electron chi connectivity index (χ4n) is 4.79. The first-order chi connectivity index (χ1) is 16.0. The summed E-state index contributed by atoms with van der Waals surface area (Å²) in [6, 6.07) is 6.63. The van der Waals surface area contributed by atoms with Crippen molar-refractivity contribution in [3.05, 3.63) is 53.6 Å². The van der Waals surface area contributed by atoms with E-state index in [0.29, 0.717) is 24.4 Å². The normalized spacial score (nSPS) is 19.0. The number of nitrogens with zero attached hydrogens (tertiary/aromatic N) is 5. The molecule has 0 atom stereocenters. The summed E-state index contributed by atoms with van der Waals surface area (Å²) in [6.45, 7) is 3.82. The van der Waals surface area contributed by atoms with E-state index in [4.69, 9.17) is 10.6 Å². The standard InChI is InChI=1S/C24H31FN6O2/c1-33-29-22(20-4-2-3-5-21(20)25)18-8-12-31(13-9-18)23(32)19-6-10-30(11-7-19)16-17-14-27-24(26)28-15-17/h2-5,14-15,18-19H,6-13,16H2,1H3,(H2,26,27,28)/b29-22-. The van der Waals surface area contributed by atoms with Crippen molar-refractivity contribution in [2.75, 3.05) is 39.0 Å². The molecule has 4 rings (SSSR count). The van der Waals surface area contributed by atoms with Gasteiger partial charge in [0.15, 0.2) is 0 Å². The number of anilines is 1. The topological polar surface area (TPSA) is 96.9 Å². The van der Waals surface area contributed by atoms with Crippen LogP contribution in [0, 0.1) is 17.7 Å². The molecular formula is C24H31FN6O2. The number of oxime groups is 1. The van der Waals surface area contributed by atoms with Crippen LogP contribution in [0.3, 0.4) is 0 Å². The molecule has 0 saturated carbocycles. The maximum atomic E-state index is 14.3. The highest BCUT2D eigenvalue weighted by Crippen LogP contribution is 2.27. The smallest absolute Gasteiger partial charge is 0.225 e. The molecule has 8 nitrogen and oxygen atoms in total. The average molecular weight is 455 g/mol. The maximum Gasteiger partial charge on any atom is 0.225 e. The monoisotopic (exact) mass is 454 g/mol. The average Bonchev–Trinajstić information content (AvgIpc) is 2.85. The van der Waals surface area contributed by atoms with E-state index in [1.165, 1.54) is 13.2 Å². The number of halogens is 1. The van der Waals surface area contributed by atoms with Gasteiger partial charge in [0.2, 0.25) is 11.9 Å². The Hall–Kier alpha value is -3.07. The van der Waals surface area contributed by atoms with E-state index in [9.17, 15) is 9.18 Å². The largest absolute Gasteiger partial charge is 0.399 e. The summed E-state index contributed by atoms with van der Waals surface area (Å²) >= 11 is 0. The van der Waals surface area contributed by atoms with Crippen LogP contribution < -0.4 is 5.73 Å². The lowest BCUT2D eigenvalue weighted by molar-refractivity contribution is -0.138. The van der Waals surface area contributed by atoms with Gasteiger partial charge < -0.3 is 15.5 Å². The molecule has 176 valence electrons. The van der Waals surface area contributed by atoms with Gasteiger partial charge >= 0.3 is 0 Å². The Bertz CT molecular complexity index is 967. The zero-order chi connectivity index (χ0) is 23.2. The number of amides is 1. The van der Waals surface area contributed by atoms with Gasteiger partial charge in [0.25, 0.3) is 0 Å². The van der Waals surface area contributed by atoms with Crippen molar-refractivity contribution in [2.45, 2.75) is 32.2 Å². The van der Waals surface area contributed by atoms with Crippen LogP contribution in [0.5, 0.6) is 0 Å². The van der Waals surface area contributed by atoms with Crippen molar-refractivity contribution >= 4 is 17.6 Å². The van der Waals surface area contributed by atoms with E-state index in [1.54, 1.807) is 30.6 Å². The number of benzene rings is 1. The van der Waals surface area contributed by atoms with Crippen molar-refractivity contribution in [2.24, 2.45) is 17.0 Å². The minimum absolute atomic E-state index is 0.0548. The molecule has 0 bridgehead atoms. The minimum Gasteiger partial charge on any atom is -0.399 e. The summed E-state index contributed by atoms with van der Waals surface area (Å²) in [5.41, 5.74) is 7.68. The minimum atomic E-state index is -0.302. The molecule has 2 aliphatic heterocycles. The molecule has 2 fully saturated rings. The third-order valence-corrected chi connectivity index (χ3v) is 6.60. The molecular weight excluding hydrogens is 423 g/mol. The quantitative estimate of drug-likeness (QED) is 0.533. The first kappa shape index (κ1) is 23.1. The lowest BCUT2D eigenvalue weighted by Gasteiger charge is -2.37. The molecule has 9 heteroatoms. The SMILES string of the molecule is CO/N=C(\c1ccccc1F)C1CCN(C(=O)C2CCN(Cc3cnc(N)nc3)CC2)CC1. The van der Waals surface area contributed by atoms with Crippen LogP contribution in [0.4, 0.5) is 10.3 Å². The second-order valence-corrected chi connectivity index (χ2v) is 8.74. The highest BCUT2D eigenvalue weighted by molar-refractivity contribution is 6.02. The lowest BCUT2D eigenvalue weighted by Crippen LogP contribution is -2.46. The molecule has 1 aromatic carbocycles. The summed E-state index contributed by atoms with van der Waals surface area (Å²) in [6.07, 6.45) is 6.70. The second-order valence-electron chi connectivity index (χ2n) is 8.74. The number of hydrogen-bond acceptors (Lipinski definition) is 7. The molecule has 2 aliphatic rings. The highest BCUT2D eigenvalue weighted by atomic mass is 19.1. The van der Waals surface area contributed by atoms with E-state index in [2.05, 4.69) is 20.0 Å². The summed E-state index contributed by atoms with van der Waals surface area (Å²) < 4.78 is 14.3. The number of likely N-dealkylation sites (tertiary alicyclic amines) is 2. The fraction of sp³-hybridized carbons (Fsp3) is 0.500. The summed E-state index contributed by atoms with van der Waals surface area (Å²) in [7, 11) is 1.48. The van der Waals surface area contributed by atoms with Crippen molar-refractivity contribution in [1.29, 1.82) is 0 Å². The molecule has 0 aliphatic carbocycles. The van der Waals surface area contributed by atoms with Gasteiger partial charge in [0, 0.05) is 55.0 Å². The Labute approximate surface area is 193 Å². The molecule has 2 saturated heterocycles. The Balaban J connectivity index is 1.28. The third-order valence-electron chi connectivity index (χ3n) is 6.60. The molecule has 2 aromatic rings. The lowest BCUT2D eigenvalue weighted by atomic mass is 9.87. The van der Waals surface area contributed by atoms with E-state index < -0.39 is 0 Å². The Morgan fingerprint density at radius 2 is 1.73 bits per heavy atom. The van der Waals surface area contributed by atoms with E-state index >= 15 is 0 Å². The van der Waals surface area contributed by atoms with Gasteiger partial charge in [-0.25, -0.2) is 14.4 Å². The molecule has 1 amide bonds. The van der Waals surface area contributed by atoms with E-state index in [-0.39, 0.29) is 29.5 Å². The molecule has 33 heavy (non-hydrogen) atoms. The number of piperidine rings is 2. The first-order valence-corrected chi connectivity index (χ1v) is 11.5. The Morgan fingerprint density at radius 1 is 1.09 bits per heavy atom. The number of carbonyl (C=O) groups excluding carboxylic acids is 1. The van der Waals surface area contributed by atoms with Crippen LogP contribution in [-0.4, -0.2) is 64.7 Å². The third kappa shape index (κ3) is 5.65. The zero-order valence-corrected chi connectivity index (χ0v) is 19.0. The Morgan fingerprint density at radius 3 is 2.36 bits per heavy atom. The number of carbonyl (C=O) groups is 1. The molecule has 1 aromatic heterocycles. The summed E-state index contributed by atoms with van der Waals surface area (Å²) in [4.78, 5) is 30.5. The number of aromatic nitrogens is 2. The van der Waals surface area contributed by atoms with Crippen LogP contribution in [-0.2, 0) is 16.2 Å².